The summed E-state index contributed by atoms with van der Waals surface area (Å²) >= 11 is 0. The third kappa shape index (κ3) is 3.78. The number of nitro groups is 3. The highest BCUT2D eigenvalue weighted by atomic mass is 16.6. The van der Waals surface area contributed by atoms with Gasteiger partial charge in [0.2, 0.25) is 11.8 Å². The van der Waals surface area contributed by atoms with Gasteiger partial charge in [-0.15, -0.1) is 0 Å². The molecule has 1 saturated heterocycles. The number of benzene rings is 4. The summed E-state index contributed by atoms with van der Waals surface area (Å²) in [5.41, 5.74) is 2.52. The fourth-order valence-corrected chi connectivity index (χ4v) is 7.18. The van der Waals surface area contributed by atoms with E-state index in [9.17, 15) is 39.9 Å². The molecule has 4 aromatic carbocycles. The minimum absolute atomic E-state index is 0.128. The van der Waals surface area contributed by atoms with E-state index in [0.29, 0.717) is 11.1 Å². The predicted octanol–water partition coefficient (Wildman–Crippen LogP) is 5.06. The Labute approximate surface area is 253 Å². The van der Waals surface area contributed by atoms with Gasteiger partial charge in [-0.3, -0.25) is 45.4 Å². The Morgan fingerprint density at radius 3 is 1.96 bits per heavy atom. The van der Waals surface area contributed by atoms with Gasteiger partial charge in [0.1, 0.15) is 11.4 Å². The molecule has 4 aliphatic rings. The molecule has 14 heteroatoms. The molecule has 3 aliphatic carbocycles. The molecule has 0 saturated carbocycles. The van der Waals surface area contributed by atoms with Gasteiger partial charge in [0, 0.05) is 24.3 Å². The summed E-state index contributed by atoms with van der Waals surface area (Å²) in [6, 6.07) is 23.3. The van der Waals surface area contributed by atoms with Gasteiger partial charge in [0.05, 0.1) is 38.1 Å². The van der Waals surface area contributed by atoms with Gasteiger partial charge in [0.25, 0.3) is 11.4 Å². The van der Waals surface area contributed by atoms with Crippen molar-refractivity contribution < 1.29 is 24.4 Å². The third-order valence-electron chi connectivity index (χ3n) is 8.85. The number of carbonyl (C=O) groups is 2. The topological polar surface area (TPSA) is 191 Å². The van der Waals surface area contributed by atoms with E-state index in [-0.39, 0.29) is 11.4 Å². The maximum atomic E-state index is 14.5. The van der Waals surface area contributed by atoms with Crippen molar-refractivity contribution in [3.63, 3.8) is 0 Å². The van der Waals surface area contributed by atoms with Crippen molar-refractivity contribution in [1.82, 2.24) is 0 Å². The molecular formula is C31H20N6O8. The second-order valence-corrected chi connectivity index (χ2v) is 10.9. The molecule has 0 aromatic heterocycles. The number of para-hydroxylation sites is 2. The number of nitrogens with one attached hydrogen (secondary N) is 1. The average Bonchev–Trinajstić information content (AvgIpc) is 3.31. The van der Waals surface area contributed by atoms with Crippen LogP contribution in [0.15, 0.2) is 96.1 Å². The van der Waals surface area contributed by atoms with Gasteiger partial charge >= 0.3 is 5.69 Å². The highest BCUT2D eigenvalue weighted by Crippen LogP contribution is 2.64. The van der Waals surface area contributed by atoms with Crippen LogP contribution < -0.4 is 10.3 Å². The summed E-state index contributed by atoms with van der Waals surface area (Å²) in [6.07, 6.45) is 1.44. The van der Waals surface area contributed by atoms with E-state index in [1.54, 1.807) is 12.1 Å². The minimum atomic E-state index is -1.36. The molecule has 0 spiro atoms. The first-order valence-corrected chi connectivity index (χ1v) is 13.7. The molecule has 0 unspecified atom stereocenters. The first-order chi connectivity index (χ1) is 21.7. The molecule has 2 amide bonds. The van der Waals surface area contributed by atoms with Crippen LogP contribution in [0.2, 0.25) is 0 Å². The summed E-state index contributed by atoms with van der Waals surface area (Å²) in [4.78, 5) is 62.3. The maximum absolute atomic E-state index is 14.5. The van der Waals surface area contributed by atoms with Crippen LogP contribution in [0.5, 0.6) is 0 Å². The summed E-state index contributed by atoms with van der Waals surface area (Å²) in [5, 5.41) is 39.2. The van der Waals surface area contributed by atoms with Crippen LogP contribution in [-0.4, -0.2) is 32.8 Å². The SMILES string of the molecule is O=C1[C@@H]2C3c4ccccc4C(/C=N\Nc4ccc([N+](=O)[O-])cc4[N+](=O)[O-])(c4ccccc43)[C@H]2C(=O)N1c1ccccc1[N+](=O)[O-]. The standard InChI is InChI=1S/C31H20N6O8/c38-29-27-26-18-7-1-3-9-20(18)31(21-10-4-2-8-19(21)26,16-32-33-22-14-13-17(35(40)41)15-25(22)37(44)45)28(27)30(39)34(29)23-11-5-6-12-24(23)36(42)43/h1-16,26-28,33H/b32-16-/t26?,27-,28-,31?/m1/s1. The Bertz CT molecular complexity index is 1980. The van der Waals surface area contributed by atoms with Crippen molar-refractivity contribution in [3.05, 3.63) is 144 Å². The lowest BCUT2D eigenvalue weighted by Gasteiger charge is -2.52. The molecule has 222 valence electrons. The van der Waals surface area contributed by atoms with E-state index in [1.165, 1.54) is 30.5 Å². The number of rotatable bonds is 7. The minimum Gasteiger partial charge on any atom is -0.274 e. The quantitative estimate of drug-likeness (QED) is 0.130. The number of non-ortho nitro benzene ring substituents is 1. The molecule has 45 heavy (non-hydrogen) atoms. The molecule has 14 nitrogen and oxygen atoms in total. The number of nitrogens with zero attached hydrogens (tertiary/aromatic N) is 5. The zero-order valence-corrected chi connectivity index (χ0v) is 23.0. The molecular weight excluding hydrogens is 584 g/mol. The molecule has 2 atom stereocenters. The average molecular weight is 605 g/mol. The first-order valence-electron chi connectivity index (χ1n) is 13.7. The van der Waals surface area contributed by atoms with Gasteiger partial charge in [-0.2, -0.15) is 5.10 Å². The number of hydrogen-bond donors (Lipinski definition) is 1. The van der Waals surface area contributed by atoms with Crippen LogP contribution in [0, 0.1) is 42.2 Å². The van der Waals surface area contributed by atoms with Gasteiger partial charge < -0.3 is 0 Å². The lowest BCUT2D eigenvalue weighted by molar-refractivity contribution is -0.393. The van der Waals surface area contributed by atoms with Crippen molar-refractivity contribution in [2.75, 3.05) is 10.3 Å². The lowest BCUT2D eigenvalue weighted by atomic mass is 9.47. The van der Waals surface area contributed by atoms with Crippen LogP contribution in [-0.2, 0) is 15.0 Å². The van der Waals surface area contributed by atoms with E-state index in [1.807, 2.05) is 36.4 Å². The van der Waals surface area contributed by atoms with Crippen LogP contribution in [0.1, 0.15) is 28.2 Å². The van der Waals surface area contributed by atoms with Crippen molar-refractivity contribution in [1.29, 1.82) is 0 Å². The van der Waals surface area contributed by atoms with E-state index in [2.05, 4.69) is 10.5 Å². The number of anilines is 2. The first kappa shape index (κ1) is 27.5. The van der Waals surface area contributed by atoms with E-state index in [0.717, 1.165) is 34.2 Å². The molecule has 8 rings (SSSR count). The van der Waals surface area contributed by atoms with Crippen molar-refractivity contribution >= 4 is 46.5 Å². The lowest BCUT2D eigenvalue weighted by Crippen LogP contribution is -2.54. The highest BCUT2D eigenvalue weighted by Gasteiger charge is 2.68. The third-order valence-corrected chi connectivity index (χ3v) is 8.85. The zero-order chi connectivity index (χ0) is 31.6. The van der Waals surface area contributed by atoms with Gasteiger partial charge in [-0.05, 0) is 34.4 Å². The number of hydrogen-bond acceptors (Lipinski definition) is 10. The fourth-order valence-electron chi connectivity index (χ4n) is 7.18. The van der Waals surface area contributed by atoms with Gasteiger partial charge in [-0.25, -0.2) is 4.90 Å². The summed E-state index contributed by atoms with van der Waals surface area (Å²) in [7, 11) is 0. The van der Waals surface area contributed by atoms with Crippen LogP contribution >= 0.6 is 0 Å². The highest BCUT2D eigenvalue weighted by molar-refractivity contribution is 6.25. The van der Waals surface area contributed by atoms with Crippen LogP contribution in [0.4, 0.5) is 28.4 Å². The van der Waals surface area contributed by atoms with Crippen LogP contribution in [0.3, 0.4) is 0 Å². The largest absolute Gasteiger partial charge is 0.301 e. The number of imide groups is 1. The fraction of sp³-hybridized carbons (Fsp3) is 0.129. The molecule has 1 fully saturated rings. The zero-order valence-electron chi connectivity index (χ0n) is 23.0. The van der Waals surface area contributed by atoms with E-state index >= 15 is 0 Å². The maximum Gasteiger partial charge on any atom is 0.301 e. The van der Waals surface area contributed by atoms with E-state index in [4.69, 9.17) is 0 Å². The normalized spacial score (nSPS) is 22.6. The molecule has 1 aliphatic heterocycles. The second kappa shape index (κ2) is 9.87. The number of hydrazone groups is 1. The second-order valence-electron chi connectivity index (χ2n) is 10.9. The molecule has 0 radical (unpaired) electrons. The van der Waals surface area contributed by atoms with Crippen LogP contribution in [0.25, 0.3) is 0 Å². The van der Waals surface area contributed by atoms with Gasteiger partial charge in [-0.1, -0.05) is 60.7 Å². The summed E-state index contributed by atoms with van der Waals surface area (Å²) in [5.74, 6) is -3.73. The molecule has 1 heterocycles. The predicted molar refractivity (Wildman–Crippen MR) is 160 cm³/mol. The Balaban J connectivity index is 1.42. The van der Waals surface area contributed by atoms with Gasteiger partial charge in [0.15, 0.2) is 0 Å². The monoisotopic (exact) mass is 604 g/mol. The Morgan fingerprint density at radius 1 is 0.733 bits per heavy atom. The van der Waals surface area contributed by atoms with E-state index < -0.39 is 66.8 Å². The Hall–Kier alpha value is -6.31. The molecule has 1 N–H and O–H groups in total. The van der Waals surface area contributed by atoms with Crippen molar-refractivity contribution in [2.24, 2.45) is 16.9 Å². The number of amides is 2. The summed E-state index contributed by atoms with van der Waals surface area (Å²) in [6.45, 7) is 0. The Morgan fingerprint density at radius 2 is 1.33 bits per heavy atom. The Kier molecular flexibility index (Phi) is 6.04. The van der Waals surface area contributed by atoms with Crippen molar-refractivity contribution in [2.45, 2.75) is 11.3 Å². The summed E-state index contributed by atoms with van der Waals surface area (Å²) < 4.78 is 0. The molecule has 2 bridgehead atoms. The van der Waals surface area contributed by atoms with Crippen molar-refractivity contribution in [3.8, 4) is 0 Å². The smallest absolute Gasteiger partial charge is 0.274 e. The number of carbonyl (C=O) groups excluding carboxylic acids is 2. The number of nitro benzene ring substituents is 3. The molecule has 4 aromatic rings.